The zero-order chi connectivity index (χ0) is 18.7. The summed E-state index contributed by atoms with van der Waals surface area (Å²) in [6, 6.07) is 9.52. The molecule has 1 fully saturated rings. The smallest absolute Gasteiger partial charge is 0.241 e. The summed E-state index contributed by atoms with van der Waals surface area (Å²) >= 11 is 0. The molecule has 2 N–H and O–H groups in total. The number of nitrogens with one attached hydrogen (secondary N) is 1. The van der Waals surface area contributed by atoms with E-state index in [-0.39, 0.29) is 17.3 Å². The van der Waals surface area contributed by atoms with E-state index >= 15 is 0 Å². The second-order valence-corrected chi connectivity index (χ2v) is 6.33. The summed E-state index contributed by atoms with van der Waals surface area (Å²) in [5.74, 6) is -1.41. The zero-order valence-electron chi connectivity index (χ0n) is 14.5. The van der Waals surface area contributed by atoms with Gasteiger partial charge in [0.1, 0.15) is 17.4 Å². The van der Waals surface area contributed by atoms with Gasteiger partial charge in [-0.05, 0) is 43.3 Å². The highest BCUT2D eigenvalue weighted by molar-refractivity contribution is 5.94. The van der Waals surface area contributed by atoms with E-state index in [9.17, 15) is 18.7 Å². The minimum atomic E-state index is -0.663. The van der Waals surface area contributed by atoms with Crippen LogP contribution in [0.15, 0.2) is 42.5 Å². The molecular weight excluding hydrogens is 340 g/mol. The van der Waals surface area contributed by atoms with Crippen molar-refractivity contribution in [3.05, 3.63) is 54.1 Å². The van der Waals surface area contributed by atoms with Crippen LogP contribution >= 0.6 is 0 Å². The molecule has 7 heteroatoms. The van der Waals surface area contributed by atoms with E-state index in [4.69, 9.17) is 0 Å². The van der Waals surface area contributed by atoms with Crippen molar-refractivity contribution in [1.29, 1.82) is 0 Å². The Hall–Kier alpha value is -2.67. The fourth-order valence-electron chi connectivity index (χ4n) is 3.03. The van der Waals surface area contributed by atoms with Crippen LogP contribution in [-0.2, 0) is 4.79 Å². The third-order valence-electron chi connectivity index (χ3n) is 4.64. The average molecular weight is 361 g/mol. The molecule has 1 atom stereocenters. The lowest BCUT2D eigenvalue weighted by Gasteiger charge is -2.38. The van der Waals surface area contributed by atoms with Crippen LogP contribution in [0.25, 0.3) is 0 Å². The molecule has 2 aromatic carbocycles. The number of benzene rings is 2. The van der Waals surface area contributed by atoms with Crippen LogP contribution < -0.4 is 10.2 Å². The number of phenols is 1. The largest absolute Gasteiger partial charge is 0.508 e. The number of aromatic hydroxyl groups is 1. The Morgan fingerprint density at radius 3 is 2.38 bits per heavy atom. The molecule has 0 aliphatic carbocycles. The maximum atomic E-state index is 13.7. The Labute approximate surface area is 150 Å². The van der Waals surface area contributed by atoms with Crippen LogP contribution in [0.5, 0.6) is 5.75 Å². The van der Waals surface area contributed by atoms with Crippen LogP contribution in [-0.4, -0.2) is 48.1 Å². The van der Waals surface area contributed by atoms with E-state index in [0.717, 1.165) is 37.0 Å². The molecule has 1 aliphatic heterocycles. The maximum Gasteiger partial charge on any atom is 0.241 e. The Balaban J connectivity index is 1.57. The molecule has 0 radical (unpaired) electrons. The topological polar surface area (TPSA) is 55.8 Å². The lowest BCUT2D eigenvalue weighted by Crippen LogP contribution is -2.52. The second-order valence-electron chi connectivity index (χ2n) is 6.33. The number of hydrogen-bond acceptors (Lipinski definition) is 4. The molecule has 0 unspecified atom stereocenters. The zero-order valence-corrected chi connectivity index (χ0v) is 14.5. The van der Waals surface area contributed by atoms with Gasteiger partial charge in [-0.1, -0.05) is 0 Å². The number of amides is 1. The third-order valence-corrected chi connectivity index (χ3v) is 4.64. The van der Waals surface area contributed by atoms with E-state index in [2.05, 4.69) is 10.2 Å². The van der Waals surface area contributed by atoms with Gasteiger partial charge in [0.15, 0.2) is 0 Å². The molecule has 0 aromatic heterocycles. The van der Waals surface area contributed by atoms with Gasteiger partial charge >= 0.3 is 0 Å². The number of carbonyl (C=O) groups excluding carboxylic acids is 1. The molecule has 1 saturated heterocycles. The van der Waals surface area contributed by atoms with Crippen molar-refractivity contribution in [1.82, 2.24) is 4.90 Å². The van der Waals surface area contributed by atoms with Crippen molar-refractivity contribution in [2.24, 2.45) is 0 Å². The van der Waals surface area contributed by atoms with Gasteiger partial charge in [-0.3, -0.25) is 9.69 Å². The normalized spacial score (nSPS) is 16.3. The van der Waals surface area contributed by atoms with Gasteiger partial charge in [-0.2, -0.15) is 0 Å². The molecule has 0 spiro atoms. The van der Waals surface area contributed by atoms with E-state index < -0.39 is 17.7 Å². The Bertz CT molecular complexity index is 775. The number of phenolic OH excluding ortho intramolecular Hbond substituents is 1. The molecule has 1 aliphatic rings. The summed E-state index contributed by atoms with van der Waals surface area (Å²) in [7, 11) is 0. The van der Waals surface area contributed by atoms with Gasteiger partial charge in [0.05, 0.1) is 11.7 Å². The Morgan fingerprint density at radius 1 is 1.08 bits per heavy atom. The van der Waals surface area contributed by atoms with E-state index in [1.54, 1.807) is 19.1 Å². The molecular formula is C19H21F2N3O2. The highest BCUT2D eigenvalue weighted by Crippen LogP contribution is 2.21. The van der Waals surface area contributed by atoms with Crippen molar-refractivity contribution in [2.75, 3.05) is 36.4 Å². The Kier molecular flexibility index (Phi) is 5.37. The summed E-state index contributed by atoms with van der Waals surface area (Å²) < 4.78 is 26.9. The van der Waals surface area contributed by atoms with Gasteiger partial charge in [-0.25, -0.2) is 8.78 Å². The SMILES string of the molecule is C[C@H](C(=O)Nc1cc(F)ccc1F)N1CCN(c2ccc(O)cc2)CC1. The van der Waals surface area contributed by atoms with Gasteiger partial charge in [0.25, 0.3) is 0 Å². The summed E-state index contributed by atoms with van der Waals surface area (Å²) in [4.78, 5) is 16.6. The summed E-state index contributed by atoms with van der Waals surface area (Å²) in [6.45, 7) is 4.55. The molecule has 2 aromatic rings. The van der Waals surface area contributed by atoms with Gasteiger partial charge in [0, 0.05) is 37.9 Å². The number of piperazine rings is 1. The van der Waals surface area contributed by atoms with Gasteiger partial charge in [0.2, 0.25) is 5.91 Å². The molecule has 5 nitrogen and oxygen atoms in total. The van der Waals surface area contributed by atoms with Crippen molar-refractivity contribution in [3.8, 4) is 5.75 Å². The van der Waals surface area contributed by atoms with Crippen LogP contribution in [0, 0.1) is 11.6 Å². The second kappa shape index (κ2) is 7.70. The minimum Gasteiger partial charge on any atom is -0.508 e. The molecule has 138 valence electrons. The number of carbonyl (C=O) groups is 1. The number of halogens is 2. The quantitative estimate of drug-likeness (QED) is 0.879. The first-order chi connectivity index (χ1) is 12.4. The lowest BCUT2D eigenvalue weighted by atomic mass is 10.2. The fourth-order valence-corrected chi connectivity index (χ4v) is 3.03. The summed E-state index contributed by atoms with van der Waals surface area (Å²) in [5, 5.41) is 11.8. The van der Waals surface area contributed by atoms with Crippen LogP contribution in [0.4, 0.5) is 20.2 Å². The number of rotatable bonds is 4. The van der Waals surface area contributed by atoms with Crippen molar-refractivity contribution < 1.29 is 18.7 Å². The average Bonchev–Trinajstić information content (AvgIpc) is 2.65. The first-order valence-electron chi connectivity index (χ1n) is 8.48. The van der Waals surface area contributed by atoms with Crippen LogP contribution in [0.1, 0.15) is 6.92 Å². The Morgan fingerprint density at radius 2 is 1.73 bits per heavy atom. The predicted molar refractivity (Wildman–Crippen MR) is 96.3 cm³/mol. The summed E-state index contributed by atoms with van der Waals surface area (Å²) in [5.41, 5.74) is 0.867. The first kappa shape index (κ1) is 18.1. The van der Waals surface area contributed by atoms with Crippen LogP contribution in [0.2, 0.25) is 0 Å². The van der Waals surface area contributed by atoms with E-state index in [1.807, 2.05) is 17.0 Å². The van der Waals surface area contributed by atoms with Gasteiger partial charge < -0.3 is 15.3 Å². The molecule has 26 heavy (non-hydrogen) atoms. The molecule has 1 amide bonds. The van der Waals surface area contributed by atoms with E-state index in [1.165, 1.54) is 0 Å². The first-order valence-corrected chi connectivity index (χ1v) is 8.48. The molecule has 3 rings (SSSR count). The maximum absolute atomic E-state index is 13.7. The standard InChI is InChI=1S/C19H21F2N3O2/c1-13(19(26)22-18-12-14(20)2-7-17(18)21)23-8-10-24(11-9-23)15-3-5-16(25)6-4-15/h2-7,12-13,25H,8-11H2,1H3,(H,22,26)/t13-/m1/s1. The van der Waals surface area contributed by atoms with Crippen molar-refractivity contribution in [2.45, 2.75) is 13.0 Å². The van der Waals surface area contributed by atoms with Crippen molar-refractivity contribution in [3.63, 3.8) is 0 Å². The number of hydrogen-bond donors (Lipinski definition) is 2. The summed E-state index contributed by atoms with van der Waals surface area (Å²) in [6.07, 6.45) is 0. The van der Waals surface area contributed by atoms with E-state index in [0.29, 0.717) is 13.1 Å². The lowest BCUT2D eigenvalue weighted by molar-refractivity contribution is -0.120. The minimum absolute atomic E-state index is 0.149. The number of nitrogens with zero attached hydrogens (tertiary/aromatic N) is 2. The number of anilines is 2. The monoisotopic (exact) mass is 361 g/mol. The third kappa shape index (κ3) is 4.11. The molecule has 1 heterocycles. The molecule has 0 saturated carbocycles. The van der Waals surface area contributed by atoms with Gasteiger partial charge in [-0.15, -0.1) is 0 Å². The highest BCUT2D eigenvalue weighted by Gasteiger charge is 2.26. The fraction of sp³-hybridized carbons (Fsp3) is 0.316. The van der Waals surface area contributed by atoms with Crippen molar-refractivity contribution >= 4 is 17.3 Å². The highest BCUT2D eigenvalue weighted by atomic mass is 19.1. The van der Waals surface area contributed by atoms with Crippen LogP contribution in [0.3, 0.4) is 0 Å². The predicted octanol–water partition coefficient (Wildman–Crippen LogP) is 2.82. The molecule has 0 bridgehead atoms.